The van der Waals surface area contributed by atoms with E-state index in [9.17, 15) is 4.79 Å². The molecule has 0 aliphatic rings. The number of ether oxygens (including phenoxy) is 2. The van der Waals surface area contributed by atoms with Crippen LogP contribution in [0.25, 0.3) is 10.8 Å². The minimum Gasteiger partial charge on any atom is -0.492 e. The van der Waals surface area contributed by atoms with Crippen LogP contribution in [-0.2, 0) is 4.79 Å². The van der Waals surface area contributed by atoms with Gasteiger partial charge in [-0.05, 0) is 41.1 Å². The van der Waals surface area contributed by atoms with Gasteiger partial charge in [0, 0.05) is 4.47 Å². The Balaban J connectivity index is 1.40. The fraction of sp³-hybridized carbons (Fsp3) is 0.150. The van der Waals surface area contributed by atoms with Gasteiger partial charge in [-0.15, -0.1) is 0 Å². The average molecular weight is 435 g/mol. The van der Waals surface area contributed by atoms with Crippen LogP contribution in [0.15, 0.2) is 65.1 Å². The number of carbonyl (C=O) groups is 1. The Morgan fingerprint density at radius 3 is 2.62 bits per heavy atom. The highest BCUT2D eigenvalue weighted by Crippen LogP contribution is 2.27. The highest BCUT2D eigenvalue weighted by Gasteiger charge is 2.06. The Hall–Kier alpha value is -2.24. The van der Waals surface area contributed by atoms with E-state index in [0.29, 0.717) is 23.9 Å². The van der Waals surface area contributed by atoms with Gasteiger partial charge >= 0.3 is 0 Å². The summed E-state index contributed by atoms with van der Waals surface area (Å²) in [7, 11) is 0. The monoisotopic (exact) mass is 433 g/mol. The van der Waals surface area contributed by atoms with Crippen LogP contribution in [0.5, 0.6) is 11.5 Å². The molecule has 0 saturated heterocycles. The summed E-state index contributed by atoms with van der Waals surface area (Å²) >= 11 is 9.36. The molecule has 0 aromatic heterocycles. The molecule has 26 heavy (non-hydrogen) atoms. The Labute approximate surface area is 165 Å². The number of carbonyl (C=O) groups excluding carboxylic acids is 1. The normalized spacial score (nSPS) is 10.5. The fourth-order valence-corrected chi connectivity index (χ4v) is 3.13. The predicted octanol–water partition coefficient (Wildman–Crippen LogP) is 4.83. The molecule has 0 aliphatic carbocycles. The molecule has 3 rings (SSSR count). The van der Waals surface area contributed by atoms with Gasteiger partial charge in [-0.3, -0.25) is 4.79 Å². The highest BCUT2D eigenvalue weighted by atomic mass is 79.9. The molecular formula is C20H17BrClNO3. The summed E-state index contributed by atoms with van der Waals surface area (Å²) in [5.74, 6) is 1.01. The van der Waals surface area contributed by atoms with Crippen molar-refractivity contribution in [2.45, 2.75) is 0 Å². The van der Waals surface area contributed by atoms with Gasteiger partial charge in [0.25, 0.3) is 5.91 Å². The largest absolute Gasteiger partial charge is 0.492 e. The van der Waals surface area contributed by atoms with Crippen molar-refractivity contribution >= 4 is 44.2 Å². The Bertz CT molecular complexity index is 916. The Morgan fingerprint density at radius 1 is 1.00 bits per heavy atom. The van der Waals surface area contributed by atoms with Gasteiger partial charge in [-0.1, -0.05) is 57.9 Å². The third-order valence-corrected chi connectivity index (χ3v) is 4.46. The van der Waals surface area contributed by atoms with E-state index < -0.39 is 0 Å². The summed E-state index contributed by atoms with van der Waals surface area (Å²) in [6, 6.07) is 19.2. The molecule has 6 heteroatoms. The number of amides is 1. The van der Waals surface area contributed by atoms with E-state index >= 15 is 0 Å². The third kappa shape index (κ3) is 5.13. The Morgan fingerprint density at radius 2 is 1.81 bits per heavy atom. The van der Waals surface area contributed by atoms with E-state index in [1.165, 1.54) is 0 Å². The van der Waals surface area contributed by atoms with Crippen LogP contribution in [0.2, 0.25) is 5.02 Å². The molecule has 3 aromatic carbocycles. The number of benzene rings is 3. The number of rotatable bonds is 7. The molecule has 1 amide bonds. The van der Waals surface area contributed by atoms with Crippen LogP contribution >= 0.6 is 27.5 Å². The summed E-state index contributed by atoms with van der Waals surface area (Å²) in [5, 5.41) is 5.48. The standard InChI is InChI=1S/C20H17BrClNO3/c21-16-6-8-19(18(22)12-16)26-13-20(24)23-9-10-25-17-7-5-14-3-1-2-4-15(14)11-17/h1-8,11-12H,9-10,13H2,(H,23,24). The number of hydrogen-bond acceptors (Lipinski definition) is 3. The van der Waals surface area contributed by atoms with Crippen LogP contribution in [-0.4, -0.2) is 25.7 Å². The molecule has 0 saturated carbocycles. The quantitative estimate of drug-likeness (QED) is 0.542. The van der Waals surface area contributed by atoms with Crippen molar-refractivity contribution in [2.24, 2.45) is 0 Å². The number of hydrogen-bond donors (Lipinski definition) is 1. The molecule has 0 bridgehead atoms. The molecule has 0 spiro atoms. The SMILES string of the molecule is O=C(COc1ccc(Br)cc1Cl)NCCOc1ccc2ccccc2c1. The zero-order valence-corrected chi connectivity index (χ0v) is 16.2. The van der Waals surface area contributed by atoms with Crippen molar-refractivity contribution in [2.75, 3.05) is 19.8 Å². The van der Waals surface area contributed by atoms with Gasteiger partial charge in [-0.2, -0.15) is 0 Å². The first kappa shape index (κ1) is 18.5. The van der Waals surface area contributed by atoms with Crippen molar-refractivity contribution in [3.8, 4) is 11.5 Å². The summed E-state index contributed by atoms with van der Waals surface area (Å²) in [6.07, 6.45) is 0. The van der Waals surface area contributed by atoms with Gasteiger partial charge in [0.2, 0.25) is 0 Å². The van der Waals surface area contributed by atoms with Crippen molar-refractivity contribution in [3.05, 3.63) is 70.2 Å². The first-order valence-electron chi connectivity index (χ1n) is 8.08. The zero-order chi connectivity index (χ0) is 18.4. The first-order valence-corrected chi connectivity index (χ1v) is 9.25. The zero-order valence-electron chi connectivity index (χ0n) is 13.9. The maximum atomic E-state index is 11.8. The first-order chi connectivity index (χ1) is 12.6. The summed E-state index contributed by atoms with van der Waals surface area (Å²) in [5.41, 5.74) is 0. The molecular weight excluding hydrogens is 418 g/mol. The van der Waals surface area contributed by atoms with Crippen molar-refractivity contribution in [1.82, 2.24) is 5.32 Å². The second-order valence-electron chi connectivity index (χ2n) is 5.57. The van der Waals surface area contributed by atoms with Crippen molar-refractivity contribution < 1.29 is 14.3 Å². The molecule has 1 N–H and O–H groups in total. The van der Waals surface area contributed by atoms with E-state index in [0.717, 1.165) is 21.0 Å². The second kappa shape index (κ2) is 8.92. The molecule has 0 unspecified atom stereocenters. The van der Waals surface area contributed by atoms with Gasteiger partial charge in [0.05, 0.1) is 11.6 Å². The molecule has 3 aromatic rings. The second-order valence-corrected chi connectivity index (χ2v) is 6.89. The van der Waals surface area contributed by atoms with Gasteiger partial charge < -0.3 is 14.8 Å². The molecule has 0 heterocycles. The maximum absolute atomic E-state index is 11.8. The van der Waals surface area contributed by atoms with Crippen LogP contribution in [0.4, 0.5) is 0 Å². The van der Waals surface area contributed by atoms with Gasteiger partial charge in [0.1, 0.15) is 18.1 Å². The lowest BCUT2D eigenvalue weighted by Gasteiger charge is -2.10. The fourth-order valence-electron chi connectivity index (χ4n) is 2.40. The van der Waals surface area contributed by atoms with E-state index in [2.05, 4.69) is 27.3 Å². The molecule has 134 valence electrons. The van der Waals surface area contributed by atoms with Crippen LogP contribution in [0.1, 0.15) is 0 Å². The molecule has 0 atom stereocenters. The third-order valence-electron chi connectivity index (χ3n) is 3.67. The van der Waals surface area contributed by atoms with E-state index in [-0.39, 0.29) is 12.5 Å². The number of fused-ring (bicyclic) bond motifs is 1. The van der Waals surface area contributed by atoms with Crippen molar-refractivity contribution in [1.29, 1.82) is 0 Å². The average Bonchev–Trinajstić information content (AvgIpc) is 2.64. The lowest BCUT2D eigenvalue weighted by molar-refractivity contribution is -0.123. The number of halogens is 2. The highest BCUT2D eigenvalue weighted by molar-refractivity contribution is 9.10. The van der Waals surface area contributed by atoms with E-state index in [4.69, 9.17) is 21.1 Å². The van der Waals surface area contributed by atoms with Gasteiger partial charge in [0.15, 0.2) is 6.61 Å². The predicted molar refractivity (Wildman–Crippen MR) is 107 cm³/mol. The summed E-state index contributed by atoms with van der Waals surface area (Å²) in [4.78, 5) is 11.8. The topological polar surface area (TPSA) is 47.6 Å². The Kier molecular flexibility index (Phi) is 6.36. The summed E-state index contributed by atoms with van der Waals surface area (Å²) < 4.78 is 11.9. The lowest BCUT2D eigenvalue weighted by atomic mass is 10.1. The minimum atomic E-state index is -0.230. The van der Waals surface area contributed by atoms with Gasteiger partial charge in [-0.25, -0.2) is 0 Å². The summed E-state index contributed by atoms with van der Waals surface area (Å²) in [6.45, 7) is 0.670. The minimum absolute atomic E-state index is 0.0999. The number of nitrogens with one attached hydrogen (secondary N) is 1. The van der Waals surface area contributed by atoms with E-state index in [1.807, 2.05) is 36.4 Å². The molecule has 0 aliphatic heterocycles. The lowest BCUT2D eigenvalue weighted by Crippen LogP contribution is -2.32. The van der Waals surface area contributed by atoms with Crippen LogP contribution in [0, 0.1) is 0 Å². The molecule has 0 fully saturated rings. The smallest absolute Gasteiger partial charge is 0.258 e. The maximum Gasteiger partial charge on any atom is 0.258 e. The molecule has 4 nitrogen and oxygen atoms in total. The van der Waals surface area contributed by atoms with Crippen molar-refractivity contribution in [3.63, 3.8) is 0 Å². The van der Waals surface area contributed by atoms with E-state index in [1.54, 1.807) is 18.2 Å². The van der Waals surface area contributed by atoms with Crippen LogP contribution in [0.3, 0.4) is 0 Å². The van der Waals surface area contributed by atoms with Crippen LogP contribution < -0.4 is 14.8 Å². The molecule has 0 radical (unpaired) electrons.